The van der Waals surface area contributed by atoms with Gasteiger partial charge in [0, 0.05) is 20.1 Å². The van der Waals surface area contributed by atoms with Crippen molar-refractivity contribution in [3.05, 3.63) is 18.2 Å². The van der Waals surface area contributed by atoms with Crippen LogP contribution in [0.2, 0.25) is 0 Å². The zero-order chi connectivity index (χ0) is 13.3. The molecule has 2 rings (SSSR count). The lowest BCUT2D eigenvalue weighted by Crippen LogP contribution is -2.37. The van der Waals surface area contributed by atoms with Gasteiger partial charge in [-0.25, -0.2) is 4.98 Å². The van der Waals surface area contributed by atoms with Crippen molar-refractivity contribution in [2.45, 2.75) is 19.8 Å². The minimum absolute atomic E-state index is 0.147. The van der Waals surface area contributed by atoms with Gasteiger partial charge >= 0.3 is 5.97 Å². The number of carboxylic acids is 1. The Morgan fingerprint density at radius 1 is 1.56 bits per heavy atom. The molecule has 6 nitrogen and oxygen atoms in total. The van der Waals surface area contributed by atoms with E-state index in [1.807, 2.05) is 6.92 Å². The first kappa shape index (κ1) is 12.6. The third-order valence-corrected chi connectivity index (χ3v) is 3.81. The molecule has 0 aliphatic carbocycles. The van der Waals surface area contributed by atoms with Crippen molar-refractivity contribution in [3.8, 4) is 0 Å². The van der Waals surface area contributed by atoms with Crippen LogP contribution in [0.3, 0.4) is 0 Å². The Balaban J connectivity index is 2.17. The SMILES string of the molecule is CCC1(C(=O)O)CCN(C(=O)c2cncn2C)C1. The van der Waals surface area contributed by atoms with Gasteiger partial charge in [0.05, 0.1) is 17.9 Å². The van der Waals surface area contributed by atoms with Crippen LogP contribution in [-0.2, 0) is 11.8 Å². The van der Waals surface area contributed by atoms with E-state index in [2.05, 4.69) is 4.98 Å². The maximum Gasteiger partial charge on any atom is 0.311 e. The summed E-state index contributed by atoms with van der Waals surface area (Å²) in [5.41, 5.74) is -0.291. The molecule has 0 bridgehead atoms. The van der Waals surface area contributed by atoms with Crippen LogP contribution < -0.4 is 0 Å². The number of imidazole rings is 1. The molecule has 1 aliphatic heterocycles. The molecule has 1 fully saturated rings. The van der Waals surface area contributed by atoms with Crippen LogP contribution in [0.25, 0.3) is 0 Å². The summed E-state index contributed by atoms with van der Waals surface area (Å²) in [4.78, 5) is 29.1. The molecule has 1 aromatic heterocycles. The number of aromatic nitrogens is 2. The minimum atomic E-state index is -0.815. The van der Waals surface area contributed by atoms with Crippen LogP contribution in [0.1, 0.15) is 30.3 Å². The topological polar surface area (TPSA) is 75.4 Å². The van der Waals surface area contributed by atoms with Crippen molar-refractivity contribution in [1.29, 1.82) is 0 Å². The van der Waals surface area contributed by atoms with Crippen molar-refractivity contribution < 1.29 is 14.7 Å². The number of likely N-dealkylation sites (tertiary alicyclic amines) is 1. The van der Waals surface area contributed by atoms with Crippen molar-refractivity contribution >= 4 is 11.9 Å². The van der Waals surface area contributed by atoms with Gasteiger partial charge in [0.15, 0.2) is 0 Å². The van der Waals surface area contributed by atoms with Crippen LogP contribution in [-0.4, -0.2) is 44.5 Å². The maximum atomic E-state index is 12.2. The molecular weight excluding hydrogens is 234 g/mol. The third kappa shape index (κ3) is 1.87. The van der Waals surface area contributed by atoms with E-state index in [0.29, 0.717) is 25.1 Å². The van der Waals surface area contributed by atoms with Crippen molar-refractivity contribution in [2.24, 2.45) is 12.5 Å². The first-order valence-corrected chi connectivity index (χ1v) is 5.99. The summed E-state index contributed by atoms with van der Waals surface area (Å²) in [6.07, 6.45) is 4.13. The van der Waals surface area contributed by atoms with E-state index in [4.69, 9.17) is 0 Å². The lowest BCUT2D eigenvalue weighted by molar-refractivity contribution is -0.148. The minimum Gasteiger partial charge on any atom is -0.481 e. The van der Waals surface area contributed by atoms with Crippen LogP contribution in [0.4, 0.5) is 0 Å². The van der Waals surface area contributed by atoms with Gasteiger partial charge in [-0.2, -0.15) is 0 Å². The van der Waals surface area contributed by atoms with Crippen molar-refractivity contribution in [2.75, 3.05) is 13.1 Å². The number of carbonyl (C=O) groups is 2. The molecule has 98 valence electrons. The number of nitrogens with zero attached hydrogens (tertiary/aromatic N) is 3. The molecular formula is C12H17N3O3. The lowest BCUT2D eigenvalue weighted by Gasteiger charge is -2.23. The van der Waals surface area contributed by atoms with Crippen LogP contribution in [0.15, 0.2) is 12.5 Å². The second-order valence-corrected chi connectivity index (χ2v) is 4.81. The van der Waals surface area contributed by atoms with E-state index in [1.165, 1.54) is 6.20 Å². The molecule has 0 spiro atoms. The number of aryl methyl sites for hydroxylation is 1. The third-order valence-electron chi connectivity index (χ3n) is 3.81. The zero-order valence-corrected chi connectivity index (χ0v) is 10.6. The Hall–Kier alpha value is -1.85. The Morgan fingerprint density at radius 3 is 2.72 bits per heavy atom. The molecule has 2 heterocycles. The molecule has 1 aromatic rings. The van der Waals surface area contributed by atoms with Gasteiger partial charge in [-0.05, 0) is 12.8 Å². The zero-order valence-electron chi connectivity index (χ0n) is 10.6. The second kappa shape index (κ2) is 4.44. The molecule has 0 radical (unpaired) electrons. The summed E-state index contributed by atoms with van der Waals surface area (Å²) in [5, 5.41) is 9.29. The average Bonchev–Trinajstić information content (AvgIpc) is 2.95. The van der Waals surface area contributed by atoms with Gasteiger partial charge < -0.3 is 14.6 Å². The van der Waals surface area contributed by atoms with E-state index in [1.54, 1.807) is 22.8 Å². The highest BCUT2D eigenvalue weighted by molar-refractivity contribution is 5.93. The first-order chi connectivity index (χ1) is 8.50. The lowest BCUT2D eigenvalue weighted by atomic mass is 9.84. The average molecular weight is 251 g/mol. The largest absolute Gasteiger partial charge is 0.481 e. The standard InChI is InChI=1S/C12H17N3O3/c1-3-12(11(17)18)4-5-15(7-12)10(16)9-6-13-8-14(9)2/h6,8H,3-5,7H2,1-2H3,(H,17,18). The van der Waals surface area contributed by atoms with E-state index in [-0.39, 0.29) is 12.5 Å². The highest BCUT2D eigenvalue weighted by Gasteiger charge is 2.45. The number of hydrogen-bond donors (Lipinski definition) is 1. The Labute approximate surface area is 105 Å². The molecule has 6 heteroatoms. The van der Waals surface area contributed by atoms with Gasteiger partial charge in [-0.1, -0.05) is 6.92 Å². The quantitative estimate of drug-likeness (QED) is 0.860. The van der Waals surface area contributed by atoms with Crippen LogP contribution in [0.5, 0.6) is 0 Å². The van der Waals surface area contributed by atoms with Gasteiger partial charge in [-0.15, -0.1) is 0 Å². The van der Waals surface area contributed by atoms with Gasteiger partial charge in [0.2, 0.25) is 0 Å². The van der Waals surface area contributed by atoms with Crippen molar-refractivity contribution in [1.82, 2.24) is 14.5 Å². The molecule has 0 saturated carbocycles. The summed E-state index contributed by atoms with van der Waals surface area (Å²) in [7, 11) is 1.75. The molecule has 1 aliphatic rings. The normalized spacial score (nSPS) is 23.3. The molecule has 0 aromatic carbocycles. The monoisotopic (exact) mass is 251 g/mol. The summed E-state index contributed by atoms with van der Waals surface area (Å²) < 4.78 is 1.65. The predicted molar refractivity (Wildman–Crippen MR) is 64.1 cm³/mol. The fourth-order valence-corrected chi connectivity index (χ4v) is 2.39. The fourth-order valence-electron chi connectivity index (χ4n) is 2.39. The Morgan fingerprint density at radius 2 is 2.28 bits per heavy atom. The molecule has 18 heavy (non-hydrogen) atoms. The highest BCUT2D eigenvalue weighted by Crippen LogP contribution is 2.34. The van der Waals surface area contributed by atoms with Gasteiger partial charge in [0.25, 0.3) is 5.91 Å². The van der Waals surface area contributed by atoms with Crippen molar-refractivity contribution in [3.63, 3.8) is 0 Å². The second-order valence-electron chi connectivity index (χ2n) is 4.81. The number of hydrogen-bond acceptors (Lipinski definition) is 3. The summed E-state index contributed by atoms with van der Waals surface area (Å²) >= 11 is 0. The Kier molecular flexibility index (Phi) is 3.11. The van der Waals surface area contributed by atoms with E-state index in [9.17, 15) is 14.7 Å². The number of carbonyl (C=O) groups excluding carboxylic acids is 1. The number of aliphatic carboxylic acids is 1. The molecule has 1 N–H and O–H groups in total. The first-order valence-electron chi connectivity index (χ1n) is 5.99. The van der Waals surface area contributed by atoms with E-state index >= 15 is 0 Å². The fraction of sp³-hybridized carbons (Fsp3) is 0.583. The van der Waals surface area contributed by atoms with Crippen LogP contribution in [0, 0.1) is 5.41 Å². The molecule has 1 atom stereocenters. The number of carboxylic acid groups (broad SMARTS) is 1. The number of rotatable bonds is 3. The summed E-state index contributed by atoms with van der Waals surface area (Å²) in [6.45, 7) is 2.62. The smallest absolute Gasteiger partial charge is 0.311 e. The Bertz CT molecular complexity index is 483. The highest BCUT2D eigenvalue weighted by atomic mass is 16.4. The maximum absolute atomic E-state index is 12.2. The van der Waals surface area contributed by atoms with E-state index < -0.39 is 11.4 Å². The van der Waals surface area contributed by atoms with Gasteiger partial charge in [-0.3, -0.25) is 9.59 Å². The number of amides is 1. The molecule has 1 amide bonds. The summed E-state index contributed by atoms with van der Waals surface area (Å²) in [5.74, 6) is -0.961. The summed E-state index contributed by atoms with van der Waals surface area (Å²) in [6, 6.07) is 0. The van der Waals surface area contributed by atoms with Crippen LogP contribution >= 0.6 is 0 Å². The van der Waals surface area contributed by atoms with E-state index in [0.717, 1.165) is 0 Å². The van der Waals surface area contributed by atoms with Gasteiger partial charge in [0.1, 0.15) is 5.69 Å². The molecule has 1 unspecified atom stereocenters. The molecule has 1 saturated heterocycles. The predicted octanol–water partition coefficient (Wildman–Crippen LogP) is 0.747.